The van der Waals surface area contributed by atoms with Crippen LogP contribution in [0.15, 0.2) is 12.1 Å². The third kappa shape index (κ3) is 1.49. The topological polar surface area (TPSA) is 9.23 Å². The van der Waals surface area contributed by atoms with Gasteiger partial charge in [0, 0.05) is 5.56 Å². The molecular formula is C12H15FO. The Kier molecular flexibility index (Phi) is 2.71. The zero-order valence-corrected chi connectivity index (χ0v) is 8.48. The van der Waals surface area contributed by atoms with Crippen LogP contribution in [0, 0.1) is 0 Å². The molecule has 0 radical (unpaired) electrons. The van der Waals surface area contributed by atoms with Gasteiger partial charge in [-0.2, -0.15) is 0 Å². The van der Waals surface area contributed by atoms with Crippen LogP contribution in [0.3, 0.4) is 0 Å². The average molecular weight is 194 g/mol. The maximum Gasteiger partial charge on any atom is 0.122 e. The van der Waals surface area contributed by atoms with Crippen LogP contribution in [0.2, 0.25) is 0 Å². The number of fused-ring (bicyclic) bond motifs is 1. The first-order valence-corrected chi connectivity index (χ1v) is 5.19. The highest BCUT2D eigenvalue weighted by molar-refractivity contribution is 5.46. The molecule has 0 fully saturated rings. The minimum Gasteiger partial charge on any atom is -0.493 e. The molecule has 0 amide bonds. The summed E-state index contributed by atoms with van der Waals surface area (Å²) in [6.45, 7) is 2.46. The third-order valence-electron chi connectivity index (χ3n) is 2.83. The normalized spacial score (nSPS) is 14.7. The summed E-state index contributed by atoms with van der Waals surface area (Å²) in [5.41, 5.74) is 3.08. The maximum atomic E-state index is 12.9. The van der Waals surface area contributed by atoms with E-state index in [0.29, 0.717) is 0 Å². The van der Waals surface area contributed by atoms with Crippen molar-refractivity contribution in [2.45, 2.75) is 32.9 Å². The highest BCUT2D eigenvalue weighted by atomic mass is 19.1. The smallest absolute Gasteiger partial charge is 0.122 e. The number of ether oxygens (including phenoxy) is 1. The van der Waals surface area contributed by atoms with Crippen molar-refractivity contribution in [2.24, 2.45) is 0 Å². The lowest BCUT2D eigenvalue weighted by Crippen LogP contribution is -2.11. The van der Waals surface area contributed by atoms with Gasteiger partial charge in [0.05, 0.1) is 6.61 Å². The largest absolute Gasteiger partial charge is 0.493 e. The molecule has 0 saturated carbocycles. The molecule has 0 unspecified atom stereocenters. The average Bonchev–Trinajstić information content (AvgIpc) is 2.27. The predicted molar refractivity (Wildman–Crippen MR) is 54.4 cm³/mol. The molecule has 0 aliphatic carbocycles. The Morgan fingerprint density at radius 3 is 3.00 bits per heavy atom. The molecule has 1 aliphatic heterocycles. The van der Waals surface area contributed by atoms with Gasteiger partial charge in [-0.3, -0.25) is 0 Å². The number of benzene rings is 1. The Morgan fingerprint density at radius 1 is 1.43 bits per heavy atom. The van der Waals surface area contributed by atoms with E-state index in [1.165, 1.54) is 0 Å². The molecule has 1 aliphatic rings. The lowest BCUT2D eigenvalue weighted by molar-refractivity contribution is 0.286. The quantitative estimate of drug-likeness (QED) is 0.703. The molecule has 2 rings (SSSR count). The van der Waals surface area contributed by atoms with E-state index in [4.69, 9.17) is 4.74 Å². The first-order chi connectivity index (χ1) is 6.86. The van der Waals surface area contributed by atoms with E-state index in [0.717, 1.165) is 48.3 Å². The van der Waals surface area contributed by atoms with Gasteiger partial charge < -0.3 is 4.74 Å². The van der Waals surface area contributed by atoms with E-state index in [9.17, 15) is 4.39 Å². The van der Waals surface area contributed by atoms with Gasteiger partial charge >= 0.3 is 0 Å². The van der Waals surface area contributed by atoms with Crippen molar-refractivity contribution in [3.63, 3.8) is 0 Å². The van der Waals surface area contributed by atoms with Gasteiger partial charge in [-0.05, 0) is 36.5 Å². The van der Waals surface area contributed by atoms with Crippen LogP contribution in [-0.4, -0.2) is 6.61 Å². The monoisotopic (exact) mass is 194 g/mol. The van der Waals surface area contributed by atoms with Crippen LogP contribution in [-0.2, 0) is 19.5 Å². The van der Waals surface area contributed by atoms with Crippen molar-refractivity contribution in [1.82, 2.24) is 0 Å². The molecule has 2 heteroatoms. The Bertz CT molecular complexity index is 318. The van der Waals surface area contributed by atoms with Gasteiger partial charge in [-0.15, -0.1) is 0 Å². The fourth-order valence-electron chi connectivity index (χ4n) is 2.06. The van der Waals surface area contributed by atoms with Crippen molar-refractivity contribution in [3.05, 3.63) is 28.8 Å². The second kappa shape index (κ2) is 3.99. The number of rotatable bonds is 2. The van der Waals surface area contributed by atoms with E-state index in [-0.39, 0.29) is 6.67 Å². The zero-order chi connectivity index (χ0) is 9.97. The van der Waals surface area contributed by atoms with Crippen LogP contribution in [0.5, 0.6) is 5.75 Å². The summed E-state index contributed by atoms with van der Waals surface area (Å²) in [7, 11) is 0. The van der Waals surface area contributed by atoms with Crippen molar-refractivity contribution in [1.29, 1.82) is 0 Å². The van der Waals surface area contributed by atoms with Gasteiger partial charge in [0.15, 0.2) is 0 Å². The Balaban J connectivity index is 2.50. The number of halogens is 1. The van der Waals surface area contributed by atoms with Gasteiger partial charge in [0.2, 0.25) is 0 Å². The van der Waals surface area contributed by atoms with Gasteiger partial charge in [0.1, 0.15) is 12.4 Å². The van der Waals surface area contributed by atoms with Crippen LogP contribution >= 0.6 is 0 Å². The summed E-state index contributed by atoms with van der Waals surface area (Å²) in [6.07, 6.45) is 2.86. The molecular weight excluding hydrogens is 179 g/mol. The minimum absolute atomic E-state index is 0.365. The van der Waals surface area contributed by atoms with Crippen LogP contribution in [0.1, 0.15) is 30.0 Å². The molecule has 0 aromatic heterocycles. The van der Waals surface area contributed by atoms with E-state index in [2.05, 4.69) is 6.92 Å². The molecule has 1 nitrogen and oxygen atoms in total. The minimum atomic E-state index is -0.365. The fourth-order valence-corrected chi connectivity index (χ4v) is 2.06. The van der Waals surface area contributed by atoms with Gasteiger partial charge in [0.25, 0.3) is 0 Å². The van der Waals surface area contributed by atoms with Crippen molar-refractivity contribution in [2.75, 3.05) is 6.61 Å². The molecule has 1 aromatic carbocycles. The second-order valence-electron chi connectivity index (χ2n) is 3.62. The highest BCUT2D eigenvalue weighted by Gasteiger charge is 2.16. The van der Waals surface area contributed by atoms with Crippen LogP contribution in [0.4, 0.5) is 4.39 Å². The molecule has 76 valence electrons. The van der Waals surface area contributed by atoms with E-state index >= 15 is 0 Å². The van der Waals surface area contributed by atoms with Crippen molar-refractivity contribution < 1.29 is 9.13 Å². The molecule has 0 N–H and O–H groups in total. The van der Waals surface area contributed by atoms with Crippen molar-refractivity contribution >= 4 is 0 Å². The molecule has 0 atom stereocenters. The maximum absolute atomic E-state index is 12.9. The summed E-state index contributed by atoms with van der Waals surface area (Å²) in [6, 6.07) is 3.96. The molecule has 0 spiro atoms. The number of hydrogen-bond donors (Lipinski definition) is 0. The van der Waals surface area contributed by atoms with Crippen LogP contribution < -0.4 is 4.74 Å². The number of hydrogen-bond acceptors (Lipinski definition) is 1. The molecule has 0 saturated heterocycles. The van der Waals surface area contributed by atoms with E-state index < -0.39 is 0 Å². The molecule has 0 bridgehead atoms. The third-order valence-corrected chi connectivity index (χ3v) is 2.83. The standard InChI is InChI=1S/C12H15FO/c1-2-9-5-6-12-10(11(9)8-13)4-3-7-14-12/h5-6H,2-4,7-8H2,1H3. The fraction of sp³-hybridized carbons (Fsp3) is 0.500. The summed E-state index contributed by atoms with van der Waals surface area (Å²) in [5, 5.41) is 0. The molecule has 1 aromatic rings. The second-order valence-corrected chi connectivity index (χ2v) is 3.62. The van der Waals surface area contributed by atoms with E-state index in [1.807, 2.05) is 12.1 Å². The zero-order valence-electron chi connectivity index (χ0n) is 8.48. The lowest BCUT2D eigenvalue weighted by atomic mass is 9.95. The lowest BCUT2D eigenvalue weighted by Gasteiger charge is -2.21. The Hall–Kier alpha value is -1.05. The SMILES string of the molecule is CCc1ccc2c(c1CF)CCCO2. The Morgan fingerprint density at radius 2 is 2.29 bits per heavy atom. The van der Waals surface area contributed by atoms with Gasteiger partial charge in [-0.25, -0.2) is 4.39 Å². The molecule has 1 heterocycles. The summed E-state index contributed by atoms with van der Waals surface area (Å²) in [4.78, 5) is 0. The first kappa shape index (κ1) is 9.50. The molecule has 14 heavy (non-hydrogen) atoms. The summed E-state index contributed by atoms with van der Waals surface area (Å²) in [5.74, 6) is 0.890. The first-order valence-electron chi connectivity index (χ1n) is 5.19. The number of alkyl halides is 1. The highest BCUT2D eigenvalue weighted by Crippen LogP contribution is 2.31. The predicted octanol–water partition coefficient (Wildman–Crippen LogP) is 3.04. The van der Waals surface area contributed by atoms with Crippen LogP contribution in [0.25, 0.3) is 0 Å². The van der Waals surface area contributed by atoms with E-state index in [1.54, 1.807) is 0 Å². The Labute approximate surface area is 83.9 Å². The number of aryl methyl sites for hydroxylation is 1. The summed E-state index contributed by atoms with van der Waals surface area (Å²) < 4.78 is 18.4. The summed E-state index contributed by atoms with van der Waals surface area (Å²) >= 11 is 0. The van der Waals surface area contributed by atoms with Gasteiger partial charge in [-0.1, -0.05) is 13.0 Å². The van der Waals surface area contributed by atoms with Crippen molar-refractivity contribution in [3.8, 4) is 5.75 Å².